The normalized spacial score (nSPS) is 14.8. The zero-order chi connectivity index (χ0) is 14.9. The third-order valence-electron chi connectivity index (χ3n) is 3.35. The number of para-hydroxylation sites is 1. The van der Waals surface area contributed by atoms with Gasteiger partial charge in [0.1, 0.15) is 0 Å². The van der Waals surface area contributed by atoms with Crippen LogP contribution in [0.2, 0.25) is 0 Å². The van der Waals surface area contributed by atoms with E-state index in [1.807, 2.05) is 24.3 Å². The molecular weight excluding hydrogens is 304 g/mol. The molecule has 0 bridgehead atoms. The van der Waals surface area contributed by atoms with E-state index in [-0.39, 0.29) is 5.75 Å². The van der Waals surface area contributed by atoms with E-state index in [9.17, 15) is 8.42 Å². The summed E-state index contributed by atoms with van der Waals surface area (Å²) in [6, 6.07) is 14.6. The van der Waals surface area contributed by atoms with Crippen LogP contribution in [0, 0.1) is 0 Å². The molecule has 0 aromatic heterocycles. The Kier molecular flexibility index (Phi) is 3.82. The van der Waals surface area contributed by atoms with Crippen molar-refractivity contribution in [3.8, 4) is 0 Å². The first-order valence-electron chi connectivity index (χ1n) is 6.63. The van der Waals surface area contributed by atoms with E-state index < -0.39 is 10.0 Å². The SMILES string of the molecule is Nc1ccc(CS(=O)(=O)N2CCSc3ccccc32)cc1. The number of nitrogens with two attached hydrogens (primary N) is 1. The summed E-state index contributed by atoms with van der Waals surface area (Å²) in [6.45, 7) is 0.513. The Morgan fingerprint density at radius 2 is 1.81 bits per heavy atom. The van der Waals surface area contributed by atoms with Crippen molar-refractivity contribution < 1.29 is 8.42 Å². The predicted octanol–water partition coefficient (Wildman–Crippen LogP) is 2.71. The minimum Gasteiger partial charge on any atom is -0.399 e. The summed E-state index contributed by atoms with van der Waals surface area (Å²) in [5, 5.41) is 0. The van der Waals surface area contributed by atoms with Crippen LogP contribution in [0.5, 0.6) is 0 Å². The van der Waals surface area contributed by atoms with E-state index in [1.54, 1.807) is 36.0 Å². The molecule has 2 N–H and O–H groups in total. The fraction of sp³-hybridized carbons (Fsp3) is 0.200. The number of benzene rings is 2. The van der Waals surface area contributed by atoms with Crippen LogP contribution < -0.4 is 10.0 Å². The van der Waals surface area contributed by atoms with Crippen LogP contribution in [-0.4, -0.2) is 20.7 Å². The van der Waals surface area contributed by atoms with Crippen molar-refractivity contribution in [3.63, 3.8) is 0 Å². The molecule has 2 aromatic rings. The van der Waals surface area contributed by atoms with Crippen molar-refractivity contribution in [1.82, 2.24) is 0 Å². The maximum atomic E-state index is 12.7. The van der Waals surface area contributed by atoms with E-state index in [4.69, 9.17) is 5.73 Å². The van der Waals surface area contributed by atoms with Gasteiger partial charge in [-0.1, -0.05) is 24.3 Å². The van der Waals surface area contributed by atoms with E-state index >= 15 is 0 Å². The number of thioether (sulfide) groups is 1. The summed E-state index contributed by atoms with van der Waals surface area (Å²) in [5.41, 5.74) is 7.80. The zero-order valence-electron chi connectivity index (χ0n) is 11.4. The van der Waals surface area contributed by atoms with Crippen LogP contribution >= 0.6 is 11.8 Å². The van der Waals surface area contributed by atoms with Crippen molar-refractivity contribution in [3.05, 3.63) is 54.1 Å². The van der Waals surface area contributed by atoms with Gasteiger partial charge in [-0.2, -0.15) is 0 Å². The van der Waals surface area contributed by atoms with Crippen LogP contribution in [0.15, 0.2) is 53.4 Å². The number of anilines is 2. The fourth-order valence-corrected chi connectivity index (χ4v) is 5.10. The molecule has 0 radical (unpaired) electrons. The standard InChI is InChI=1S/C15H16N2O2S2/c16-13-7-5-12(6-8-13)11-21(18,19)17-9-10-20-15-4-2-1-3-14(15)17/h1-8H,9-11,16H2. The minimum atomic E-state index is -3.38. The van der Waals surface area contributed by atoms with E-state index in [0.29, 0.717) is 12.2 Å². The lowest BCUT2D eigenvalue weighted by molar-refractivity contribution is 0.590. The summed E-state index contributed by atoms with van der Waals surface area (Å²) < 4.78 is 26.9. The van der Waals surface area contributed by atoms with Gasteiger partial charge < -0.3 is 5.73 Å². The summed E-state index contributed by atoms with van der Waals surface area (Å²) in [7, 11) is -3.38. The first-order chi connectivity index (χ1) is 10.1. The number of rotatable bonds is 3. The van der Waals surface area contributed by atoms with Gasteiger partial charge in [-0.05, 0) is 29.8 Å². The first kappa shape index (κ1) is 14.3. The average Bonchev–Trinajstić information content (AvgIpc) is 2.49. The Morgan fingerprint density at radius 1 is 1.10 bits per heavy atom. The molecule has 0 unspecified atom stereocenters. The highest BCUT2D eigenvalue weighted by Gasteiger charge is 2.27. The molecule has 0 spiro atoms. The summed E-state index contributed by atoms with van der Waals surface area (Å²) in [4.78, 5) is 1.02. The molecular formula is C15H16N2O2S2. The monoisotopic (exact) mass is 320 g/mol. The molecule has 4 nitrogen and oxygen atoms in total. The molecule has 1 aliphatic rings. The molecule has 0 amide bonds. The van der Waals surface area contributed by atoms with Gasteiger partial charge >= 0.3 is 0 Å². The van der Waals surface area contributed by atoms with Gasteiger partial charge in [-0.25, -0.2) is 8.42 Å². The van der Waals surface area contributed by atoms with Crippen LogP contribution in [0.25, 0.3) is 0 Å². The van der Waals surface area contributed by atoms with E-state index in [0.717, 1.165) is 21.9 Å². The molecule has 0 saturated carbocycles. The Hall–Kier alpha value is -1.66. The second-order valence-corrected chi connectivity index (χ2v) is 7.92. The lowest BCUT2D eigenvalue weighted by atomic mass is 10.2. The molecule has 21 heavy (non-hydrogen) atoms. The van der Waals surface area contributed by atoms with Crippen LogP contribution in [0.3, 0.4) is 0 Å². The zero-order valence-corrected chi connectivity index (χ0v) is 13.0. The highest BCUT2D eigenvalue weighted by molar-refractivity contribution is 8.00. The number of hydrogen-bond donors (Lipinski definition) is 1. The van der Waals surface area contributed by atoms with Crippen molar-refractivity contribution in [2.24, 2.45) is 0 Å². The summed E-state index contributed by atoms with van der Waals surface area (Å²) in [6.07, 6.45) is 0. The van der Waals surface area contributed by atoms with Gasteiger partial charge in [-0.3, -0.25) is 4.31 Å². The molecule has 0 atom stereocenters. The lowest BCUT2D eigenvalue weighted by Gasteiger charge is -2.30. The van der Waals surface area contributed by atoms with Gasteiger partial charge in [0.15, 0.2) is 0 Å². The fourth-order valence-electron chi connectivity index (χ4n) is 2.34. The molecule has 0 aliphatic carbocycles. The second-order valence-electron chi connectivity index (χ2n) is 4.89. The number of nitrogen functional groups attached to an aromatic ring is 1. The van der Waals surface area contributed by atoms with Gasteiger partial charge in [0, 0.05) is 22.9 Å². The van der Waals surface area contributed by atoms with Crippen molar-refractivity contribution in [2.75, 3.05) is 22.3 Å². The lowest BCUT2D eigenvalue weighted by Crippen LogP contribution is -2.36. The number of fused-ring (bicyclic) bond motifs is 1. The molecule has 110 valence electrons. The van der Waals surface area contributed by atoms with E-state index in [2.05, 4.69) is 0 Å². The van der Waals surface area contributed by atoms with Gasteiger partial charge in [0.25, 0.3) is 0 Å². The second kappa shape index (κ2) is 5.61. The van der Waals surface area contributed by atoms with Gasteiger partial charge in [0.2, 0.25) is 10.0 Å². The highest BCUT2D eigenvalue weighted by Crippen LogP contribution is 2.36. The minimum absolute atomic E-state index is 0.00766. The number of nitrogens with zero attached hydrogens (tertiary/aromatic N) is 1. The van der Waals surface area contributed by atoms with Crippen molar-refractivity contribution >= 4 is 33.2 Å². The topological polar surface area (TPSA) is 63.4 Å². The molecule has 0 fully saturated rings. The summed E-state index contributed by atoms with van der Waals surface area (Å²) >= 11 is 1.69. The third kappa shape index (κ3) is 3.01. The maximum absolute atomic E-state index is 12.7. The first-order valence-corrected chi connectivity index (χ1v) is 9.22. The van der Waals surface area contributed by atoms with E-state index in [1.165, 1.54) is 4.31 Å². The maximum Gasteiger partial charge on any atom is 0.239 e. The van der Waals surface area contributed by atoms with Crippen LogP contribution in [0.4, 0.5) is 11.4 Å². The Labute approximate surface area is 129 Å². The highest BCUT2D eigenvalue weighted by atomic mass is 32.2. The predicted molar refractivity (Wildman–Crippen MR) is 88.0 cm³/mol. The molecule has 1 aliphatic heterocycles. The largest absolute Gasteiger partial charge is 0.399 e. The van der Waals surface area contributed by atoms with Crippen molar-refractivity contribution in [1.29, 1.82) is 0 Å². The molecule has 2 aromatic carbocycles. The molecule has 6 heteroatoms. The van der Waals surface area contributed by atoms with Gasteiger partial charge in [-0.15, -0.1) is 11.8 Å². The smallest absolute Gasteiger partial charge is 0.239 e. The Balaban J connectivity index is 1.91. The number of hydrogen-bond acceptors (Lipinski definition) is 4. The summed E-state index contributed by atoms with van der Waals surface area (Å²) in [5.74, 6) is 0.768. The van der Waals surface area contributed by atoms with Crippen LogP contribution in [-0.2, 0) is 15.8 Å². The number of sulfonamides is 1. The van der Waals surface area contributed by atoms with Gasteiger partial charge in [0.05, 0.1) is 11.4 Å². The quantitative estimate of drug-likeness (QED) is 0.883. The van der Waals surface area contributed by atoms with Crippen LogP contribution in [0.1, 0.15) is 5.56 Å². The molecule has 0 saturated heterocycles. The molecule has 1 heterocycles. The third-order valence-corrected chi connectivity index (χ3v) is 6.14. The Bertz CT molecular complexity index is 743. The molecule has 3 rings (SSSR count). The average molecular weight is 320 g/mol. The Morgan fingerprint density at radius 3 is 2.57 bits per heavy atom. The van der Waals surface area contributed by atoms with Crippen molar-refractivity contribution in [2.45, 2.75) is 10.6 Å².